The third-order valence-corrected chi connectivity index (χ3v) is 2.85. The first kappa shape index (κ1) is 11.8. The number of fused-ring (bicyclic) bond motifs is 1. The van der Waals surface area contributed by atoms with Crippen molar-refractivity contribution in [1.29, 1.82) is 0 Å². The Hall–Kier alpha value is -1.68. The van der Waals surface area contributed by atoms with Crippen molar-refractivity contribution in [2.45, 2.75) is 32.9 Å². The smallest absolute Gasteiger partial charge is 0.261 e. The molecule has 1 aromatic heterocycles. The van der Waals surface area contributed by atoms with Crippen LogP contribution in [0.3, 0.4) is 0 Å². The van der Waals surface area contributed by atoms with E-state index in [0.29, 0.717) is 18.4 Å². The van der Waals surface area contributed by atoms with Gasteiger partial charge in [-0.25, -0.2) is 4.98 Å². The highest BCUT2D eigenvalue weighted by molar-refractivity contribution is 5.80. The van der Waals surface area contributed by atoms with Crippen molar-refractivity contribution < 1.29 is 5.11 Å². The van der Waals surface area contributed by atoms with Crippen molar-refractivity contribution in [3.8, 4) is 0 Å². The zero-order valence-electron chi connectivity index (χ0n) is 10.1. The molecule has 4 heteroatoms. The number of benzene rings is 1. The van der Waals surface area contributed by atoms with Gasteiger partial charge in [0.15, 0.2) is 0 Å². The predicted octanol–water partition coefficient (Wildman–Crippen LogP) is 1.48. The Morgan fingerprint density at radius 1 is 1.47 bits per heavy atom. The zero-order valence-corrected chi connectivity index (χ0v) is 10.1. The SMILES string of the molecule is Cc1cccc2ncn(CC[C@H](C)O)c(=O)c12. The first-order chi connectivity index (χ1) is 8.09. The first-order valence-electron chi connectivity index (χ1n) is 5.72. The molecule has 2 aromatic rings. The fourth-order valence-electron chi connectivity index (χ4n) is 1.85. The molecule has 0 aliphatic heterocycles. The van der Waals surface area contributed by atoms with Crippen molar-refractivity contribution in [2.24, 2.45) is 0 Å². The summed E-state index contributed by atoms with van der Waals surface area (Å²) in [5, 5.41) is 9.90. The van der Waals surface area contributed by atoms with Gasteiger partial charge in [-0.15, -0.1) is 0 Å². The number of hydrogen-bond acceptors (Lipinski definition) is 3. The van der Waals surface area contributed by atoms with Crippen molar-refractivity contribution in [1.82, 2.24) is 9.55 Å². The van der Waals surface area contributed by atoms with Crippen LogP contribution in [0.1, 0.15) is 18.9 Å². The summed E-state index contributed by atoms with van der Waals surface area (Å²) in [6.45, 7) is 4.11. The molecule has 0 spiro atoms. The summed E-state index contributed by atoms with van der Waals surface area (Å²) in [5.41, 5.74) is 1.63. The van der Waals surface area contributed by atoms with E-state index >= 15 is 0 Å². The topological polar surface area (TPSA) is 55.1 Å². The fraction of sp³-hybridized carbons (Fsp3) is 0.385. The van der Waals surface area contributed by atoms with Crippen LogP contribution >= 0.6 is 0 Å². The van der Waals surface area contributed by atoms with E-state index < -0.39 is 6.10 Å². The van der Waals surface area contributed by atoms with Crippen molar-refractivity contribution in [3.05, 3.63) is 40.4 Å². The maximum absolute atomic E-state index is 12.2. The Labute approximate surface area is 99.5 Å². The number of hydrogen-bond donors (Lipinski definition) is 1. The molecule has 90 valence electrons. The van der Waals surface area contributed by atoms with Gasteiger partial charge in [-0.3, -0.25) is 9.36 Å². The van der Waals surface area contributed by atoms with Crippen LogP contribution in [0.2, 0.25) is 0 Å². The van der Waals surface area contributed by atoms with Crippen molar-refractivity contribution >= 4 is 10.9 Å². The number of aryl methyl sites for hydroxylation is 2. The summed E-state index contributed by atoms with van der Waals surface area (Å²) in [4.78, 5) is 16.5. The van der Waals surface area contributed by atoms with Crippen LogP contribution in [-0.4, -0.2) is 20.8 Å². The molecule has 17 heavy (non-hydrogen) atoms. The minimum atomic E-state index is -0.408. The van der Waals surface area contributed by atoms with Gasteiger partial charge in [0.05, 0.1) is 23.3 Å². The fourth-order valence-corrected chi connectivity index (χ4v) is 1.85. The van der Waals surface area contributed by atoms with E-state index in [0.717, 1.165) is 11.1 Å². The standard InChI is InChI=1S/C13H16N2O2/c1-9-4-3-5-11-12(9)13(17)15(8-14-11)7-6-10(2)16/h3-5,8,10,16H,6-7H2,1-2H3/t10-/m0/s1. The number of aliphatic hydroxyl groups excluding tert-OH is 1. The van der Waals surface area contributed by atoms with E-state index in [1.807, 2.05) is 25.1 Å². The molecule has 0 radical (unpaired) electrons. The second kappa shape index (κ2) is 4.67. The third kappa shape index (κ3) is 2.36. The molecule has 4 nitrogen and oxygen atoms in total. The molecule has 1 heterocycles. The van der Waals surface area contributed by atoms with Crippen LogP contribution < -0.4 is 5.56 Å². The Morgan fingerprint density at radius 3 is 2.94 bits per heavy atom. The van der Waals surface area contributed by atoms with Crippen LogP contribution in [-0.2, 0) is 6.54 Å². The molecule has 1 N–H and O–H groups in total. The van der Waals surface area contributed by atoms with E-state index in [-0.39, 0.29) is 5.56 Å². The third-order valence-electron chi connectivity index (χ3n) is 2.85. The minimum Gasteiger partial charge on any atom is -0.393 e. The molecule has 0 saturated carbocycles. The van der Waals surface area contributed by atoms with Gasteiger partial charge in [-0.05, 0) is 31.9 Å². The average Bonchev–Trinajstić information content (AvgIpc) is 2.28. The van der Waals surface area contributed by atoms with E-state index in [4.69, 9.17) is 0 Å². The quantitative estimate of drug-likeness (QED) is 0.872. The lowest BCUT2D eigenvalue weighted by molar-refractivity contribution is 0.177. The zero-order chi connectivity index (χ0) is 12.4. The van der Waals surface area contributed by atoms with Gasteiger partial charge in [-0.2, -0.15) is 0 Å². The highest BCUT2D eigenvalue weighted by Crippen LogP contribution is 2.11. The molecule has 0 unspecified atom stereocenters. The maximum Gasteiger partial charge on any atom is 0.261 e. The lowest BCUT2D eigenvalue weighted by Gasteiger charge is -2.08. The summed E-state index contributed by atoms with van der Waals surface area (Å²) >= 11 is 0. The molecular weight excluding hydrogens is 216 g/mol. The largest absolute Gasteiger partial charge is 0.393 e. The van der Waals surface area contributed by atoms with E-state index in [1.165, 1.54) is 0 Å². The summed E-state index contributed by atoms with van der Waals surface area (Å²) < 4.78 is 1.56. The monoisotopic (exact) mass is 232 g/mol. The van der Waals surface area contributed by atoms with E-state index in [1.54, 1.807) is 17.8 Å². The van der Waals surface area contributed by atoms with E-state index in [9.17, 15) is 9.90 Å². The van der Waals surface area contributed by atoms with Gasteiger partial charge in [0.2, 0.25) is 0 Å². The molecule has 0 aliphatic rings. The van der Waals surface area contributed by atoms with Gasteiger partial charge in [-0.1, -0.05) is 12.1 Å². The first-order valence-corrected chi connectivity index (χ1v) is 5.72. The number of aromatic nitrogens is 2. The summed E-state index contributed by atoms with van der Waals surface area (Å²) in [5.74, 6) is 0. The van der Waals surface area contributed by atoms with Gasteiger partial charge in [0.25, 0.3) is 5.56 Å². The lowest BCUT2D eigenvalue weighted by Crippen LogP contribution is -2.22. The molecule has 0 fully saturated rings. The number of nitrogens with zero attached hydrogens (tertiary/aromatic N) is 2. The summed E-state index contributed by atoms with van der Waals surface area (Å²) in [6.07, 6.45) is 1.69. The Morgan fingerprint density at radius 2 is 2.24 bits per heavy atom. The van der Waals surface area contributed by atoms with Crippen LogP contribution in [0.25, 0.3) is 10.9 Å². The van der Waals surface area contributed by atoms with Gasteiger partial charge < -0.3 is 5.11 Å². The second-order valence-electron chi connectivity index (χ2n) is 4.35. The summed E-state index contributed by atoms with van der Waals surface area (Å²) in [7, 11) is 0. The van der Waals surface area contributed by atoms with Crippen molar-refractivity contribution in [2.75, 3.05) is 0 Å². The Bertz CT molecular complexity index is 587. The minimum absolute atomic E-state index is 0.0336. The Kier molecular flexibility index (Phi) is 3.24. The normalized spacial score (nSPS) is 12.9. The average molecular weight is 232 g/mol. The molecular formula is C13H16N2O2. The van der Waals surface area contributed by atoms with Crippen LogP contribution in [0.4, 0.5) is 0 Å². The second-order valence-corrected chi connectivity index (χ2v) is 4.35. The van der Waals surface area contributed by atoms with Gasteiger partial charge in [0.1, 0.15) is 0 Å². The molecule has 0 amide bonds. The van der Waals surface area contributed by atoms with Crippen LogP contribution in [0, 0.1) is 6.92 Å². The molecule has 1 atom stereocenters. The molecule has 0 aliphatic carbocycles. The van der Waals surface area contributed by atoms with Gasteiger partial charge in [0, 0.05) is 6.54 Å². The maximum atomic E-state index is 12.2. The number of aliphatic hydroxyl groups is 1. The predicted molar refractivity (Wildman–Crippen MR) is 67.0 cm³/mol. The van der Waals surface area contributed by atoms with Crippen molar-refractivity contribution in [3.63, 3.8) is 0 Å². The highest BCUT2D eigenvalue weighted by atomic mass is 16.3. The highest BCUT2D eigenvalue weighted by Gasteiger charge is 2.06. The van der Waals surface area contributed by atoms with Crippen LogP contribution in [0.15, 0.2) is 29.3 Å². The Balaban J connectivity index is 2.50. The van der Waals surface area contributed by atoms with E-state index in [2.05, 4.69) is 4.98 Å². The van der Waals surface area contributed by atoms with Gasteiger partial charge >= 0.3 is 0 Å². The molecule has 0 bridgehead atoms. The number of rotatable bonds is 3. The molecule has 1 aromatic carbocycles. The van der Waals surface area contributed by atoms with Crippen LogP contribution in [0.5, 0.6) is 0 Å². The lowest BCUT2D eigenvalue weighted by atomic mass is 10.1. The summed E-state index contributed by atoms with van der Waals surface area (Å²) in [6, 6.07) is 5.64. The molecule has 0 saturated heterocycles. The molecule has 2 rings (SSSR count).